The molecule has 0 bridgehead atoms. The standard InChI is InChI=1S/C21H18N2O4/c1-11-15(12-4-6-14(7-5-12)19(22)24)8-9-23-18(11)16(13-2-3-13)10-17(20(23)25)21(26)27/h4-10,13H,2-3H2,1H3,(H2,22,24)(H,26,27). The van der Waals surface area contributed by atoms with E-state index in [4.69, 9.17) is 5.73 Å². The SMILES string of the molecule is Cc1c(-c2ccc(C(N)=O)cc2)ccn2c(=O)c(C(=O)O)cc(C3CC3)c12. The number of carbonyl (C=O) groups is 2. The summed E-state index contributed by atoms with van der Waals surface area (Å²) < 4.78 is 1.44. The van der Waals surface area contributed by atoms with Crippen molar-refractivity contribution in [1.29, 1.82) is 0 Å². The molecule has 1 saturated carbocycles. The molecule has 1 aliphatic carbocycles. The monoisotopic (exact) mass is 362 g/mol. The van der Waals surface area contributed by atoms with Gasteiger partial charge in [-0.1, -0.05) is 12.1 Å². The number of rotatable bonds is 4. The molecule has 0 atom stereocenters. The molecule has 6 nitrogen and oxygen atoms in total. The molecule has 0 radical (unpaired) electrons. The van der Waals surface area contributed by atoms with E-state index in [0.717, 1.165) is 40.6 Å². The van der Waals surface area contributed by atoms with Crippen LogP contribution in [0, 0.1) is 6.92 Å². The largest absolute Gasteiger partial charge is 0.477 e. The van der Waals surface area contributed by atoms with Crippen molar-refractivity contribution in [3.63, 3.8) is 0 Å². The van der Waals surface area contributed by atoms with Gasteiger partial charge in [-0.05, 0) is 72.2 Å². The molecule has 1 aromatic carbocycles. The van der Waals surface area contributed by atoms with Crippen LogP contribution in [0.2, 0.25) is 0 Å². The van der Waals surface area contributed by atoms with Crippen molar-refractivity contribution in [3.8, 4) is 11.1 Å². The third-order valence-corrected chi connectivity index (χ3v) is 5.14. The Bertz CT molecular complexity index is 1160. The molecule has 1 amide bonds. The zero-order valence-corrected chi connectivity index (χ0v) is 14.7. The summed E-state index contributed by atoms with van der Waals surface area (Å²) in [6.45, 7) is 1.93. The highest BCUT2D eigenvalue weighted by atomic mass is 16.4. The van der Waals surface area contributed by atoms with Crippen molar-refractivity contribution in [2.45, 2.75) is 25.7 Å². The predicted molar refractivity (Wildman–Crippen MR) is 101 cm³/mol. The number of nitrogens with zero attached hydrogens (tertiary/aromatic N) is 1. The number of hydrogen-bond acceptors (Lipinski definition) is 3. The van der Waals surface area contributed by atoms with Crippen molar-refractivity contribution in [2.75, 3.05) is 0 Å². The molecular formula is C21H18N2O4. The van der Waals surface area contributed by atoms with Gasteiger partial charge in [0.25, 0.3) is 5.56 Å². The lowest BCUT2D eigenvalue weighted by Gasteiger charge is -2.15. The van der Waals surface area contributed by atoms with E-state index in [0.29, 0.717) is 5.56 Å². The first kappa shape index (κ1) is 17.0. The Morgan fingerprint density at radius 2 is 1.81 bits per heavy atom. The van der Waals surface area contributed by atoms with Gasteiger partial charge in [-0.15, -0.1) is 0 Å². The van der Waals surface area contributed by atoms with Crippen molar-refractivity contribution < 1.29 is 14.7 Å². The van der Waals surface area contributed by atoms with Crippen LogP contribution >= 0.6 is 0 Å². The van der Waals surface area contributed by atoms with Crippen LogP contribution in [-0.2, 0) is 0 Å². The summed E-state index contributed by atoms with van der Waals surface area (Å²) in [4.78, 5) is 35.4. The van der Waals surface area contributed by atoms with E-state index in [-0.39, 0.29) is 11.5 Å². The number of primary amides is 1. The third-order valence-electron chi connectivity index (χ3n) is 5.14. The van der Waals surface area contributed by atoms with Gasteiger partial charge in [0, 0.05) is 11.8 Å². The second-order valence-electron chi connectivity index (χ2n) is 6.91. The van der Waals surface area contributed by atoms with Gasteiger partial charge in [0.1, 0.15) is 5.56 Å². The van der Waals surface area contributed by atoms with Crippen molar-refractivity contribution >= 4 is 17.4 Å². The van der Waals surface area contributed by atoms with Crippen LogP contribution in [0.1, 0.15) is 50.6 Å². The molecule has 3 aromatic rings. The smallest absolute Gasteiger partial charge is 0.341 e. The number of aromatic carboxylic acids is 1. The number of hydrogen-bond donors (Lipinski definition) is 2. The van der Waals surface area contributed by atoms with Gasteiger partial charge in [0.05, 0.1) is 5.52 Å². The maximum atomic E-state index is 12.6. The summed E-state index contributed by atoms with van der Waals surface area (Å²) in [5, 5.41) is 9.37. The summed E-state index contributed by atoms with van der Waals surface area (Å²) in [6, 6.07) is 10.3. The van der Waals surface area contributed by atoms with Gasteiger partial charge in [-0.25, -0.2) is 4.79 Å². The molecule has 0 unspecified atom stereocenters. The highest BCUT2D eigenvalue weighted by Crippen LogP contribution is 2.43. The van der Waals surface area contributed by atoms with Crippen LogP contribution < -0.4 is 11.3 Å². The van der Waals surface area contributed by atoms with E-state index in [1.807, 2.05) is 19.1 Å². The fourth-order valence-corrected chi connectivity index (χ4v) is 3.58. The minimum absolute atomic E-state index is 0.202. The van der Waals surface area contributed by atoms with E-state index in [9.17, 15) is 19.5 Å². The molecule has 3 N–H and O–H groups in total. The Morgan fingerprint density at radius 1 is 1.15 bits per heavy atom. The van der Waals surface area contributed by atoms with E-state index in [2.05, 4.69) is 0 Å². The van der Waals surface area contributed by atoms with Gasteiger partial charge < -0.3 is 10.8 Å². The van der Waals surface area contributed by atoms with Gasteiger partial charge in [-0.2, -0.15) is 0 Å². The summed E-state index contributed by atoms with van der Waals surface area (Å²) in [7, 11) is 0. The average Bonchev–Trinajstić information content (AvgIpc) is 3.47. The molecule has 0 spiro atoms. The molecule has 1 aliphatic rings. The Kier molecular flexibility index (Phi) is 3.84. The highest BCUT2D eigenvalue weighted by molar-refractivity contribution is 5.93. The van der Waals surface area contributed by atoms with Crippen molar-refractivity contribution in [2.24, 2.45) is 5.73 Å². The lowest BCUT2D eigenvalue weighted by molar-refractivity contribution is 0.0694. The van der Waals surface area contributed by atoms with Gasteiger partial charge in [-0.3, -0.25) is 14.0 Å². The fourth-order valence-electron chi connectivity index (χ4n) is 3.58. The summed E-state index contributed by atoms with van der Waals surface area (Å²) >= 11 is 0. The lowest BCUT2D eigenvalue weighted by atomic mass is 9.96. The number of nitrogens with two attached hydrogens (primary N) is 1. The first-order valence-corrected chi connectivity index (χ1v) is 8.71. The molecule has 27 heavy (non-hydrogen) atoms. The number of aryl methyl sites for hydroxylation is 1. The number of benzene rings is 1. The summed E-state index contributed by atoms with van der Waals surface area (Å²) in [6.07, 6.45) is 3.61. The Labute approximate surface area is 154 Å². The second-order valence-corrected chi connectivity index (χ2v) is 6.91. The Morgan fingerprint density at radius 3 is 2.37 bits per heavy atom. The summed E-state index contributed by atoms with van der Waals surface area (Å²) in [5.74, 6) is -1.41. The second kappa shape index (κ2) is 6.09. The minimum Gasteiger partial charge on any atom is -0.477 e. The molecule has 6 heteroatoms. The molecule has 136 valence electrons. The van der Waals surface area contributed by atoms with Crippen LogP contribution in [-0.4, -0.2) is 21.4 Å². The van der Waals surface area contributed by atoms with E-state index in [1.54, 1.807) is 24.4 Å². The molecule has 1 fully saturated rings. The summed E-state index contributed by atoms with van der Waals surface area (Å²) in [5.41, 5.74) is 9.40. The normalized spacial score (nSPS) is 13.7. The van der Waals surface area contributed by atoms with E-state index < -0.39 is 17.4 Å². The van der Waals surface area contributed by atoms with Crippen molar-refractivity contribution in [1.82, 2.24) is 4.40 Å². The van der Waals surface area contributed by atoms with Crippen LogP contribution in [0.5, 0.6) is 0 Å². The molecule has 2 aromatic heterocycles. The number of aromatic nitrogens is 1. The average molecular weight is 362 g/mol. The number of fused-ring (bicyclic) bond motifs is 1. The van der Waals surface area contributed by atoms with Crippen LogP contribution in [0.4, 0.5) is 0 Å². The van der Waals surface area contributed by atoms with E-state index >= 15 is 0 Å². The Hall–Kier alpha value is -3.41. The van der Waals surface area contributed by atoms with Crippen LogP contribution in [0.15, 0.2) is 47.4 Å². The van der Waals surface area contributed by atoms with E-state index in [1.165, 1.54) is 10.5 Å². The van der Waals surface area contributed by atoms with Crippen LogP contribution in [0.25, 0.3) is 16.6 Å². The van der Waals surface area contributed by atoms with Gasteiger partial charge >= 0.3 is 5.97 Å². The fraction of sp³-hybridized carbons (Fsp3) is 0.190. The topological polar surface area (TPSA) is 102 Å². The van der Waals surface area contributed by atoms with Gasteiger partial charge in [0.15, 0.2) is 0 Å². The quantitative estimate of drug-likeness (QED) is 0.745. The Balaban J connectivity index is 1.97. The molecular weight excluding hydrogens is 344 g/mol. The maximum Gasteiger partial charge on any atom is 0.341 e. The number of pyridine rings is 2. The van der Waals surface area contributed by atoms with Crippen molar-refractivity contribution in [3.05, 3.63) is 75.2 Å². The number of carboxylic acids is 1. The van der Waals surface area contributed by atoms with Crippen LogP contribution in [0.3, 0.4) is 0 Å². The number of amides is 1. The molecule has 4 rings (SSSR count). The molecule has 0 saturated heterocycles. The third kappa shape index (κ3) is 2.79. The van der Waals surface area contributed by atoms with Gasteiger partial charge in [0.2, 0.25) is 5.91 Å². The number of carboxylic acid groups (broad SMARTS) is 1. The maximum absolute atomic E-state index is 12.6. The lowest BCUT2D eigenvalue weighted by Crippen LogP contribution is -2.23. The molecule has 2 heterocycles. The molecule has 0 aliphatic heterocycles. The zero-order chi connectivity index (χ0) is 19.3. The highest BCUT2D eigenvalue weighted by Gasteiger charge is 2.29. The predicted octanol–water partition coefficient (Wildman–Crippen LogP) is 2.95. The first-order valence-electron chi connectivity index (χ1n) is 8.71. The zero-order valence-electron chi connectivity index (χ0n) is 14.7. The first-order chi connectivity index (χ1) is 12.9. The minimum atomic E-state index is -1.21. The number of carbonyl (C=O) groups excluding carboxylic acids is 1.